The lowest BCUT2D eigenvalue weighted by Gasteiger charge is -2.34. The minimum absolute atomic E-state index is 0.0933. The van der Waals surface area contributed by atoms with Gasteiger partial charge in [-0.15, -0.1) is 0 Å². The first-order valence-corrected chi connectivity index (χ1v) is 11.2. The van der Waals surface area contributed by atoms with E-state index >= 15 is 0 Å². The second-order valence-electron chi connectivity index (χ2n) is 8.94. The summed E-state index contributed by atoms with van der Waals surface area (Å²) in [4.78, 5) is 0. The summed E-state index contributed by atoms with van der Waals surface area (Å²) in [6.07, 6.45) is 11.7. The third-order valence-corrected chi connectivity index (χ3v) is 6.53. The van der Waals surface area contributed by atoms with Crippen LogP contribution in [0, 0.1) is 22.7 Å². The average molecular weight is 374 g/mol. The van der Waals surface area contributed by atoms with E-state index in [4.69, 9.17) is 0 Å². The van der Waals surface area contributed by atoms with Crippen LogP contribution in [0.3, 0.4) is 0 Å². The summed E-state index contributed by atoms with van der Waals surface area (Å²) in [5, 5.41) is 9.77. The Hall–Kier alpha value is -2.07. The zero-order chi connectivity index (χ0) is 19.8. The maximum atomic E-state index is 9.77. The van der Waals surface area contributed by atoms with Gasteiger partial charge in [0, 0.05) is 0 Å². The molecule has 2 aromatic carbocycles. The summed E-state index contributed by atoms with van der Waals surface area (Å²) in [6, 6.07) is 20.7. The SMILES string of the molecule is CCCCCc1ccc(-c2ccc(CC[C@]3(C#N)CCCC(C)C3)cc2)cc1. The Kier molecular flexibility index (Phi) is 7.32. The van der Waals surface area contributed by atoms with E-state index in [0.29, 0.717) is 5.92 Å². The third-order valence-electron chi connectivity index (χ3n) is 6.53. The monoisotopic (exact) mass is 373 g/mol. The molecule has 1 aliphatic carbocycles. The predicted molar refractivity (Wildman–Crippen MR) is 119 cm³/mol. The Labute approximate surface area is 171 Å². The van der Waals surface area contributed by atoms with Crippen molar-refractivity contribution in [1.29, 1.82) is 5.26 Å². The molecule has 1 saturated carbocycles. The normalized spacial score (nSPS) is 22.0. The van der Waals surface area contributed by atoms with Gasteiger partial charge in [-0.3, -0.25) is 0 Å². The van der Waals surface area contributed by atoms with Crippen molar-refractivity contribution in [3.8, 4) is 17.2 Å². The maximum absolute atomic E-state index is 9.77. The van der Waals surface area contributed by atoms with Gasteiger partial charge in [0.25, 0.3) is 0 Å². The fourth-order valence-electron chi connectivity index (χ4n) is 4.74. The summed E-state index contributed by atoms with van der Waals surface area (Å²) < 4.78 is 0. The number of nitrogens with zero attached hydrogens (tertiary/aromatic N) is 1. The lowest BCUT2D eigenvalue weighted by atomic mass is 9.68. The van der Waals surface area contributed by atoms with E-state index in [1.165, 1.54) is 60.8 Å². The number of nitriles is 1. The number of benzene rings is 2. The van der Waals surface area contributed by atoms with Gasteiger partial charge in [-0.25, -0.2) is 0 Å². The van der Waals surface area contributed by atoms with Crippen LogP contribution in [0.1, 0.15) is 76.3 Å². The first-order valence-electron chi connectivity index (χ1n) is 11.2. The summed E-state index contributed by atoms with van der Waals surface area (Å²) in [5.74, 6) is 0.695. The van der Waals surface area contributed by atoms with E-state index in [1.54, 1.807) is 0 Å². The molecule has 0 heterocycles. The van der Waals surface area contributed by atoms with Gasteiger partial charge >= 0.3 is 0 Å². The number of hydrogen-bond acceptors (Lipinski definition) is 1. The number of aryl methyl sites for hydroxylation is 2. The molecule has 28 heavy (non-hydrogen) atoms. The first-order chi connectivity index (χ1) is 13.6. The molecule has 1 aliphatic rings. The standard InChI is InChI=1S/C27H35N/c1-3-4-5-8-23-9-13-25(14-10-23)26-15-11-24(12-16-26)17-19-27(21-28)18-6-7-22(2)20-27/h9-16,22H,3-8,17-20H2,1-2H3/t22?,27-/m1/s1. The molecule has 0 spiro atoms. The van der Waals surface area contributed by atoms with E-state index in [9.17, 15) is 5.26 Å². The summed E-state index contributed by atoms with van der Waals surface area (Å²) in [5.41, 5.74) is 5.28. The van der Waals surface area contributed by atoms with Crippen molar-refractivity contribution in [2.75, 3.05) is 0 Å². The molecule has 0 amide bonds. The highest BCUT2D eigenvalue weighted by Gasteiger charge is 2.34. The fraction of sp³-hybridized carbons (Fsp3) is 0.519. The Morgan fingerprint density at radius 1 is 0.929 bits per heavy atom. The number of rotatable bonds is 8. The number of hydrogen-bond donors (Lipinski definition) is 0. The van der Waals surface area contributed by atoms with Gasteiger partial charge in [0.2, 0.25) is 0 Å². The van der Waals surface area contributed by atoms with Crippen molar-refractivity contribution < 1.29 is 0 Å². The molecule has 1 nitrogen and oxygen atoms in total. The molecule has 1 fully saturated rings. The molecule has 0 aliphatic heterocycles. The lowest BCUT2D eigenvalue weighted by Crippen LogP contribution is -2.26. The maximum Gasteiger partial charge on any atom is 0.0689 e. The van der Waals surface area contributed by atoms with Crippen molar-refractivity contribution in [2.45, 2.75) is 78.1 Å². The summed E-state index contributed by atoms with van der Waals surface area (Å²) in [6.45, 7) is 4.55. The zero-order valence-corrected chi connectivity index (χ0v) is 17.7. The van der Waals surface area contributed by atoms with Crippen LogP contribution in [0.5, 0.6) is 0 Å². The minimum atomic E-state index is -0.0933. The van der Waals surface area contributed by atoms with Crippen LogP contribution in [0.15, 0.2) is 48.5 Å². The van der Waals surface area contributed by atoms with Crippen LogP contribution in [0.25, 0.3) is 11.1 Å². The van der Waals surface area contributed by atoms with Gasteiger partial charge in [-0.05, 0) is 66.7 Å². The third kappa shape index (κ3) is 5.48. The Morgan fingerprint density at radius 3 is 2.07 bits per heavy atom. The van der Waals surface area contributed by atoms with Crippen LogP contribution in [-0.4, -0.2) is 0 Å². The van der Waals surface area contributed by atoms with E-state index in [-0.39, 0.29) is 5.41 Å². The van der Waals surface area contributed by atoms with Crippen molar-refractivity contribution in [1.82, 2.24) is 0 Å². The van der Waals surface area contributed by atoms with Crippen molar-refractivity contribution in [2.24, 2.45) is 11.3 Å². The molecule has 148 valence electrons. The summed E-state index contributed by atoms with van der Waals surface area (Å²) in [7, 11) is 0. The van der Waals surface area contributed by atoms with Gasteiger partial charge in [-0.1, -0.05) is 88.1 Å². The second kappa shape index (κ2) is 9.92. The second-order valence-corrected chi connectivity index (χ2v) is 8.94. The molecular formula is C27H35N. The first kappa shape index (κ1) is 20.7. The van der Waals surface area contributed by atoms with Crippen LogP contribution in [0.4, 0.5) is 0 Å². The lowest BCUT2D eigenvalue weighted by molar-refractivity contribution is 0.197. The van der Waals surface area contributed by atoms with Crippen molar-refractivity contribution >= 4 is 0 Å². The van der Waals surface area contributed by atoms with Gasteiger partial charge in [0.15, 0.2) is 0 Å². The van der Waals surface area contributed by atoms with Crippen LogP contribution < -0.4 is 0 Å². The fourth-order valence-corrected chi connectivity index (χ4v) is 4.74. The van der Waals surface area contributed by atoms with Gasteiger partial charge in [0.05, 0.1) is 11.5 Å². The largest absolute Gasteiger partial charge is 0.198 e. The van der Waals surface area contributed by atoms with E-state index in [0.717, 1.165) is 25.7 Å². The minimum Gasteiger partial charge on any atom is -0.198 e. The Balaban J connectivity index is 1.58. The van der Waals surface area contributed by atoms with Gasteiger partial charge in [-0.2, -0.15) is 5.26 Å². The molecule has 0 saturated heterocycles. The highest BCUT2D eigenvalue weighted by molar-refractivity contribution is 5.64. The summed E-state index contributed by atoms with van der Waals surface area (Å²) >= 11 is 0. The van der Waals surface area contributed by atoms with Crippen LogP contribution in [-0.2, 0) is 12.8 Å². The van der Waals surface area contributed by atoms with E-state index < -0.39 is 0 Å². The molecule has 3 rings (SSSR count). The average Bonchev–Trinajstić information content (AvgIpc) is 2.73. The quantitative estimate of drug-likeness (QED) is 0.434. The van der Waals surface area contributed by atoms with Crippen LogP contribution >= 0.6 is 0 Å². The topological polar surface area (TPSA) is 23.8 Å². The molecule has 0 radical (unpaired) electrons. The van der Waals surface area contributed by atoms with Gasteiger partial charge < -0.3 is 0 Å². The zero-order valence-electron chi connectivity index (χ0n) is 17.7. The van der Waals surface area contributed by atoms with Gasteiger partial charge in [0.1, 0.15) is 0 Å². The molecule has 1 unspecified atom stereocenters. The highest BCUT2D eigenvalue weighted by Crippen LogP contribution is 2.42. The van der Waals surface area contributed by atoms with E-state index in [1.807, 2.05) is 0 Å². The highest BCUT2D eigenvalue weighted by atomic mass is 14.4. The Morgan fingerprint density at radius 2 is 1.54 bits per heavy atom. The smallest absolute Gasteiger partial charge is 0.0689 e. The van der Waals surface area contributed by atoms with Crippen molar-refractivity contribution in [3.63, 3.8) is 0 Å². The molecule has 0 aromatic heterocycles. The molecule has 2 atom stereocenters. The van der Waals surface area contributed by atoms with Crippen LogP contribution in [0.2, 0.25) is 0 Å². The predicted octanol–water partition coefficient (Wildman–Crippen LogP) is 7.74. The molecule has 1 heteroatoms. The molecule has 0 N–H and O–H groups in total. The van der Waals surface area contributed by atoms with E-state index in [2.05, 4.69) is 68.4 Å². The number of unbranched alkanes of at least 4 members (excludes halogenated alkanes) is 2. The molecule has 0 bridgehead atoms. The molecular weight excluding hydrogens is 338 g/mol. The van der Waals surface area contributed by atoms with Crippen molar-refractivity contribution in [3.05, 3.63) is 59.7 Å². The Bertz CT molecular complexity index is 765. The molecule has 2 aromatic rings.